The molecule has 4 aromatic rings. The average molecular weight is 398 g/mol. The summed E-state index contributed by atoms with van der Waals surface area (Å²) < 4.78 is 18.0. The Bertz CT molecular complexity index is 965. The van der Waals surface area contributed by atoms with Gasteiger partial charge in [-0.25, -0.2) is 0 Å². The third kappa shape index (κ3) is 3.61. The van der Waals surface area contributed by atoms with Crippen molar-refractivity contribution in [2.75, 3.05) is 0 Å². The minimum Gasteiger partial charge on any atom is -0.486 e. The van der Waals surface area contributed by atoms with Crippen LogP contribution in [0.2, 0.25) is 0 Å². The van der Waals surface area contributed by atoms with Crippen LogP contribution < -0.4 is 4.74 Å². The van der Waals surface area contributed by atoms with E-state index in [1.54, 1.807) is 18.3 Å². The second-order valence-corrected chi connectivity index (χ2v) is 6.05. The first kappa shape index (κ1) is 15.6. The normalized spacial score (nSPS) is 10.8. The van der Waals surface area contributed by atoms with Gasteiger partial charge in [-0.15, -0.1) is 10.2 Å². The molecule has 124 valence electrons. The molecule has 0 saturated heterocycles. The number of ether oxygens (including phenoxy) is 1. The Morgan fingerprint density at radius 1 is 0.880 bits per heavy atom. The summed E-state index contributed by atoms with van der Waals surface area (Å²) in [6.07, 6.45) is 1.67. The lowest BCUT2D eigenvalue weighted by atomic mass is 10.3. The van der Waals surface area contributed by atoms with Gasteiger partial charge in [0.25, 0.3) is 11.8 Å². The van der Waals surface area contributed by atoms with Crippen molar-refractivity contribution in [1.29, 1.82) is 0 Å². The quantitative estimate of drug-likeness (QED) is 0.484. The summed E-state index contributed by atoms with van der Waals surface area (Å²) in [7, 11) is 0. The lowest BCUT2D eigenvalue weighted by Gasteiger charge is -2.03. The van der Waals surface area contributed by atoms with E-state index in [1.165, 1.54) is 0 Å². The Morgan fingerprint density at radius 3 is 2.52 bits per heavy atom. The Morgan fingerprint density at radius 2 is 1.72 bits per heavy atom. The Labute approximate surface area is 151 Å². The van der Waals surface area contributed by atoms with Crippen molar-refractivity contribution in [2.24, 2.45) is 0 Å². The van der Waals surface area contributed by atoms with Crippen LogP contribution in [-0.2, 0) is 6.61 Å². The third-order valence-electron chi connectivity index (χ3n) is 3.38. The Balaban J connectivity index is 1.46. The summed E-state index contributed by atoms with van der Waals surface area (Å²) in [6, 6.07) is 16.7. The van der Waals surface area contributed by atoms with Crippen LogP contribution in [0.25, 0.3) is 23.2 Å². The standard InChI is InChI=1S/C18H12BrN3O3/c19-12-4-6-13(7-5-12)23-11-14-8-9-16(24-14)18-22-21-17(25-18)15-3-1-2-10-20-15/h1-10H,11H2. The van der Waals surface area contributed by atoms with Crippen molar-refractivity contribution < 1.29 is 13.6 Å². The predicted octanol–water partition coefficient (Wildman–Crippen LogP) is 4.73. The van der Waals surface area contributed by atoms with Gasteiger partial charge in [-0.3, -0.25) is 4.98 Å². The highest BCUT2D eigenvalue weighted by atomic mass is 79.9. The van der Waals surface area contributed by atoms with Gasteiger partial charge in [-0.2, -0.15) is 0 Å². The molecule has 6 nitrogen and oxygen atoms in total. The van der Waals surface area contributed by atoms with Gasteiger partial charge in [0.1, 0.15) is 23.8 Å². The number of halogens is 1. The summed E-state index contributed by atoms with van der Waals surface area (Å²) in [5, 5.41) is 8.01. The molecule has 0 saturated carbocycles. The molecular weight excluding hydrogens is 386 g/mol. The molecule has 0 unspecified atom stereocenters. The van der Waals surface area contributed by atoms with Gasteiger partial charge in [0.05, 0.1) is 0 Å². The number of pyridine rings is 1. The van der Waals surface area contributed by atoms with Crippen LogP contribution in [-0.4, -0.2) is 15.2 Å². The number of furan rings is 1. The first-order valence-electron chi connectivity index (χ1n) is 7.50. The molecule has 0 aliphatic rings. The third-order valence-corrected chi connectivity index (χ3v) is 3.90. The Kier molecular flexibility index (Phi) is 4.30. The molecule has 0 aliphatic carbocycles. The molecule has 4 rings (SSSR count). The van der Waals surface area contributed by atoms with Crippen molar-refractivity contribution in [3.63, 3.8) is 0 Å². The van der Waals surface area contributed by atoms with E-state index in [4.69, 9.17) is 13.6 Å². The highest BCUT2D eigenvalue weighted by Crippen LogP contribution is 2.25. The molecule has 3 heterocycles. The van der Waals surface area contributed by atoms with Crippen LogP contribution in [0.15, 0.2) is 74.1 Å². The first-order chi connectivity index (χ1) is 12.3. The van der Waals surface area contributed by atoms with E-state index >= 15 is 0 Å². The van der Waals surface area contributed by atoms with E-state index in [2.05, 4.69) is 31.1 Å². The minimum atomic E-state index is 0.301. The average Bonchev–Trinajstić information content (AvgIpc) is 3.31. The van der Waals surface area contributed by atoms with E-state index in [9.17, 15) is 0 Å². The molecule has 0 aliphatic heterocycles. The summed E-state index contributed by atoms with van der Waals surface area (Å²) in [5.74, 6) is 2.56. The van der Waals surface area contributed by atoms with Crippen LogP contribution in [0.5, 0.6) is 5.75 Å². The van der Waals surface area contributed by atoms with E-state index in [0.717, 1.165) is 10.2 Å². The van der Waals surface area contributed by atoms with Gasteiger partial charge < -0.3 is 13.6 Å². The highest BCUT2D eigenvalue weighted by molar-refractivity contribution is 9.10. The van der Waals surface area contributed by atoms with E-state index in [-0.39, 0.29) is 0 Å². The molecule has 3 aromatic heterocycles. The SMILES string of the molecule is Brc1ccc(OCc2ccc(-c3nnc(-c4ccccn4)o3)o2)cc1. The minimum absolute atomic E-state index is 0.301. The topological polar surface area (TPSA) is 74.2 Å². The highest BCUT2D eigenvalue weighted by Gasteiger charge is 2.14. The molecule has 0 fully saturated rings. The van der Waals surface area contributed by atoms with Crippen LogP contribution >= 0.6 is 15.9 Å². The molecule has 7 heteroatoms. The lowest BCUT2D eigenvalue weighted by molar-refractivity contribution is 0.271. The van der Waals surface area contributed by atoms with Crippen LogP contribution in [0, 0.1) is 0 Å². The van der Waals surface area contributed by atoms with Crippen molar-refractivity contribution in [1.82, 2.24) is 15.2 Å². The number of hydrogen-bond acceptors (Lipinski definition) is 6. The summed E-state index contributed by atoms with van der Waals surface area (Å²) in [6.45, 7) is 0.308. The molecular formula is C18H12BrN3O3. The van der Waals surface area contributed by atoms with Crippen molar-refractivity contribution in [2.45, 2.75) is 6.61 Å². The second-order valence-electron chi connectivity index (χ2n) is 5.14. The van der Waals surface area contributed by atoms with Crippen molar-refractivity contribution in [3.8, 4) is 29.0 Å². The smallest absolute Gasteiger partial charge is 0.283 e. The van der Waals surface area contributed by atoms with Gasteiger partial charge in [-0.1, -0.05) is 22.0 Å². The number of benzene rings is 1. The van der Waals surface area contributed by atoms with Gasteiger partial charge >= 0.3 is 0 Å². The summed E-state index contributed by atoms with van der Waals surface area (Å²) in [4.78, 5) is 4.18. The molecule has 0 radical (unpaired) electrons. The molecule has 1 aromatic carbocycles. The van der Waals surface area contributed by atoms with Gasteiger partial charge in [0.2, 0.25) is 0 Å². The molecule has 0 spiro atoms. The summed E-state index contributed by atoms with van der Waals surface area (Å²) in [5.41, 5.74) is 0.617. The van der Waals surface area contributed by atoms with Crippen molar-refractivity contribution >= 4 is 15.9 Å². The fourth-order valence-electron chi connectivity index (χ4n) is 2.17. The number of hydrogen-bond donors (Lipinski definition) is 0. The van der Waals surface area contributed by atoms with Crippen LogP contribution in [0.1, 0.15) is 5.76 Å². The number of aromatic nitrogens is 3. The van der Waals surface area contributed by atoms with Gasteiger partial charge in [0.15, 0.2) is 5.76 Å². The maximum atomic E-state index is 5.71. The maximum Gasteiger partial charge on any atom is 0.283 e. The number of nitrogens with zero attached hydrogens (tertiary/aromatic N) is 3. The molecule has 25 heavy (non-hydrogen) atoms. The Hall–Kier alpha value is -2.93. The summed E-state index contributed by atoms with van der Waals surface area (Å²) >= 11 is 3.39. The molecule has 0 atom stereocenters. The molecule has 0 bridgehead atoms. The second kappa shape index (κ2) is 6.90. The zero-order valence-electron chi connectivity index (χ0n) is 12.9. The fourth-order valence-corrected chi connectivity index (χ4v) is 2.44. The molecule has 0 N–H and O–H groups in total. The predicted molar refractivity (Wildman–Crippen MR) is 93.7 cm³/mol. The van der Waals surface area contributed by atoms with Crippen LogP contribution in [0.3, 0.4) is 0 Å². The fraction of sp³-hybridized carbons (Fsp3) is 0.0556. The van der Waals surface area contributed by atoms with E-state index < -0.39 is 0 Å². The lowest BCUT2D eigenvalue weighted by Crippen LogP contribution is -1.93. The van der Waals surface area contributed by atoms with Crippen molar-refractivity contribution in [3.05, 3.63) is 71.0 Å². The zero-order valence-corrected chi connectivity index (χ0v) is 14.5. The first-order valence-corrected chi connectivity index (χ1v) is 8.29. The largest absolute Gasteiger partial charge is 0.486 e. The zero-order chi connectivity index (χ0) is 17.1. The monoisotopic (exact) mass is 397 g/mol. The van der Waals surface area contributed by atoms with E-state index in [1.807, 2.05) is 42.5 Å². The van der Waals surface area contributed by atoms with Gasteiger partial charge in [-0.05, 0) is 48.5 Å². The van der Waals surface area contributed by atoms with Gasteiger partial charge in [0, 0.05) is 10.7 Å². The van der Waals surface area contributed by atoms with Crippen LogP contribution in [0.4, 0.5) is 0 Å². The van der Waals surface area contributed by atoms with E-state index in [0.29, 0.717) is 35.6 Å². The number of rotatable bonds is 5. The maximum absolute atomic E-state index is 5.71. The molecule has 0 amide bonds.